The van der Waals surface area contributed by atoms with Crippen molar-refractivity contribution in [3.8, 4) is 11.5 Å². The molecule has 23 heavy (non-hydrogen) atoms. The summed E-state index contributed by atoms with van der Waals surface area (Å²) in [6.07, 6.45) is 2.53. The second-order valence-electron chi connectivity index (χ2n) is 6.06. The van der Waals surface area contributed by atoms with Crippen LogP contribution in [-0.4, -0.2) is 63.4 Å². The third-order valence-corrected chi connectivity index (χ3v) is 4.57. The van der Waals surface area contributed by atoms with Gasteiger partial charge in [-0.2, -0.15) is 0 Å². The first-order valence-electron chi connectivity index (χ1n) is 8.06. The molecule has 0 aromatic heterocycles. The van der Waals surface area contributed by atoms with E-state index in [1.807, 2.05) is 0 Å². The van der Waals surface area contributed by atoms with E-state index in [4.69, 9.17) is 14.2 Å². The predicted molar refractivity (Wildman–Crippen MR) is 86.2 cm³/mol. The highest BCUT2D eigenvalue weighted by atomic mass is 16.5. The van der Waals surface area contributed by atoms with E-state index in [0.29, 0.717) is 29.6 Å². The van der Waals surface area contributed by atoms with Crippen molar-refractivity contribution in [3.05, 3.63) is 23.8 Å². The second-order valence-corrected chi connectivity index (χ2v) is 6.06. The van der Waals surface area contributed by atoms with E-state index in [9.17, 15) is 4.79 Å². The fourth-order valence-electron chi connectivity index (χ4n) is 3.26. The Bertz CT molecular complexity index is 541. The Labute approximate surface area is 136 Å². The first-order valence-corrected chi connectivity index (χ1v) is 8.06. The fraction of sp³-hybridized carbons (Fsp3) is 0.588. The lowest BCUT2D eigenvalue weighted by molar-refractivity contribution is -0.0461. The van der Waals surface area contributed by atoms with Crippen LogP contribution in [0.3, 0.4) is 0 Å². The molecule has 1 amide bonds. The SMILES string of the molecule is COc1cc(OC)cc(C(=O)NC[C@@H]2CN3CCC[C@H]3CO2)c1. The molecule has 6 nitrogen and oxygen atoms in total. The van der Waals surface area contributed by atoms with Gasteiger partial charge in [-0.3, -0.25) is 9.69 Å². The van der Waals surface area contributed by atoms with E-state index >= 15 is 0 Å². The lowest BCUT2D eigenvalue weighted by Crippen LogP contribution is -2.50. The average molecular weight is 320 g/mol. The highest BCUT2D eigenvalue weighted by Crippen LogP contribution is 2.23. The van der Waals surface area contributed by atoms with Crippen molar-refractivity contribution < 1.29 is 19.0 Å². The Morgan fingerprint density at radius 1 is 1.30 bits per heavy atom. The van der Waals surface area contributed by atoms with Gasteiger partial charge < -0.3 is 19.5 Å². The van der Waals surface area contributed by atoms with Crippen LogP contribution in [0.25, 0.3) is 0 Å². The van der Waals surface area contributed by atoms with Crippen LogP contribution in [0.4, 0.5) is 0 Å². The number of carbonyl (C=O) groups is 1. The van der Waals surface area contributed by atoms with Gasteiger partial charge >= 0.3 is 0 Å². The van der Waals surface area contributed by atoms with Crippen molar-refractivity contribution >= 4 is 5.91 Å². The van der Waals surface area contributed by atoms with Crippen LogP contribution in [0.5, 0.6) is 11.5 Å². The molecule has 0 saturated carbocycles. The molecule has 1 aromatic rings. The van der Waals surface area contributed by atoms with Crippen LogP contribution in [0.15, 0.2) is 18.2 Å². The summed E-state index contributed by atoms with van der Waals surface area (Å²) in [6, 6.07) is 5.73. The van der Waals surface area contributed by atoms with Crippen LogP contribution in [0, 0.1) is 0 Å². The van der Waals surface area contributed by atoms with Gasteiger partial charge in [0.05, 0.1) is 26.9 Å². The van der Waals surface area contributed by atoms with Gasteiger partial charge in [-0.05, 0) is 31.5 Å². The van der Waals surface area contributed by atoms with Gasteiger partial charge in [-0.25, -0.2) is 0 Å². The van der Waals surface area contributed by atoms with Gasteiger partial charge in [0.25, 0.3) is 5.91 Å². The molecule has 2 fully saturated rings. The van der Waals surface area contributed by atoms with Gasteiger partial charge in [-0.15, -0.1) is 0 Å². The standard InChI is InChI=1S/C17H24N2O4/c1-21-14-6-12(7-15(8-14)22-2)17(20)18-9-16-10-19-5-3-4-13(19)11-23-16/h6-8,13,16H,3-5,9-11H2,1-2H3,(H,18,20)/t13-,16+/m0/s1. The number of hydrogen-bond donors (Lipinski definition) is 1. The van der Waals surface area contributed by atoms with Gasteiger partial charge in [0.2, 0.25) is 0 Å². The quantitative estimate of drug-likeness (QED) is 0.886. The molecule has 2 aliphatic heterocycles. The van der Waals surface area contributed by atoms with E-state index in [0.717, 1.165) is 19.7 Å². The van der Waals surface area contributed by atoms with Crippen molar-refractivity contribution in [2.45, 2.75) is 25.0 Å². The summed E-state index contributed by atoms with van der Waals surface area (Å²) in [5.41, 5.74) is 0.524. The zero-order valence-electron chi connectivity index (χ0n) is 13.7. The van der Waals surface area contributed by atoms with Gasteiger partial charge in [-0.1, -0.05) is 0 Å². The van der Waals surface area contributed by atoms with Crippen molar-refractivity contribution in [1.29, 1.82) is 0 Å². The van der Waals surface area contributed by atoms with Crippen molar-refractivity contribution in [3.63, 3.8) is 0 Å². The molecule has 0 bridgehead atoms. The minimum absolute atomic E-state index is 0.0563. The van der Waals surface area contributed by atoms with Crippen molar-refractivity contribution in [1.82, 2.24) is 10.2 Å². The Morgan fingerprint density at radius 2 is 2.04 bits per heavy atom. The van der Waals surface area contributed by atoms with E-state index in [-0.39, 0.29) is 12.0 Å². The fourth-order valence-corrected chi connectivity index (χ4v) is 3.26. The third-order valence-electron chi connectivity index (χ3n) is 4.57. The summed E-state index contributed by atoms with van der Waals surface area (Å²) in [6.45, 7) is 3.33. The summed E-state index contributed by atoms with van der Waals surface area (Å²) in [7, 11) is 3.14. The zero-order chi connectivity index (χ0) is 16.2. The van der Waals surface area contributed by atoms with Crippen LogP contribution >= 0.6 is 0 Å². The Morgan fingerprint density at radius 3 is 2.74 bits per heavy atom. The van der Waals surface area contributed by atoms with E-state index in [2.05, 4.69) is 10.2 Å². The number of morpholine rings is 1. The monoisotopic (exact) mass is 320 g/mol. The minimum Gasteiger partial charge on any atom is -0.497 e. The number of nitrogens with one attached hydrogen (secondary N) is 1. The van der Waals surface area contributed by atoms with Crippen molar-refractivity contribution in [2.75, 3.05) is 40.5 Å². The van der Waals surface area contributed by atoms with E-state index in [1.165, 1.54) is 12.8 Å². The molecule has 1 aromatic carbocycles. The Kier molecular flexibility index (Phi) is 5.03. The van der Waals surface area contributed by atoms with Crippen LogP contribution in [0.2, 0.25) is 0 Å². The maximum Gasteiger partial charge on any atom is 0.251 e. The average Bonchev–Trinajstić information content (AvgIpc) is 3.06. The number of carbonyl (C=O) groups excluding carboxylic acids is 1. The maximum atomic E-state index is 12.4. The second kappa shape index (κ2) is 7.19. The van der Waals surface area contributed by atoms with E-state index in [1.54, 1.807) is 32.4 Å². The number of nitrogens with zero attached hydrogens (tertiary/aromatic N) is 1. The minimum atomic E-state index is -0.144. The number of hydrogen-bond acceptors (Lipinski definition) is 5. The van der Waals surface area contributed by atoms with Gasteiger partial charge in [0.15, 0.2) is 0 Å². The molecule has 0 aliphatic carbocycles. The maximum absolute atomic E-state index is 12.4. The highest BCUT2D eigenvalue weighted by molar-refractivity contribution is 5.95. The van der Waals surface area contributed by atoms with Crippen molar-refractivity contribution in [2.24, 2.45) is 0 Å². The first-order chi connectivity index (χ1) is 11.2. The lowest BCUT2D eigenvalue weighted by Gasteiger charge is -2.35. The molecule has 6 heteroatoms. The zero-order valence-corrected chi connectivity index (χ0v) is 13.7. The molecule has 0 unspecified atom stereocenters. The predicted octanol–water partition coefficient (Wildman–Crippen LogP) is 1.30. The molecule has 3 rings (SSSR count). The summed E-state index contributed by atoms with van der Waals surface area (Å²) >= 11 is 0. The molecule has 2 aliphatic rings. The number of ether oxygens (including phenoxy) is 3. The molecule has 0 spiro atoms. The third kappa shape index (κ3) is 3.76. The largest absolute Gasteiger partial charge is 0.497 e. The topological polar surface area (TPSA) is 60.0 Å². The molecular weight excluding hydrogens is 296 g/mol. The van der Waals surface area contributed by atoms with Gasteiger partial charge in [0.1, 0.15) is 11.5 Å². The number of methoxy groups -OCH3 is 2. The summed E-state index contributed by atoms with van der Waals surface area (Å²) < 4.78 is 16.3. The molecule has 0 radical (unpaired) electrons. The van der Waals surface area contributed by atoms with E-state index < -0.39 is 0 Å². The lowest BCUT2D eigenvalue weighted by atomic mass is 10.1. The van der Waals surface area contributed by atoms with Crippen LogP contribution < -0.4 is 14.8 Å². The molecule has 2 atom stereocenters. The van der Waals surface area contributed by atoms with Crippen LogP contribution in [0.1, 0.15) is 23.2 Å². The number of fused-ring (bicyclic) bond motifs is 1. The highest BCUT2D eigenvalue weighted by Gasteiger charge is 2.32. The Balaban J connectivity index is 1.57. The smallest absolute Gasteiger partial charge is 0.251 e. The number of rotatable bonds is 5. The molecular formula is C17H24N2O4. The summed E-state index contributed by atoms with van der Waals surface area (Å²) in [4.78, 5) is 14.8. The number of amides is 1. The summed E-state index contributed by atoms with van der Waals surface area (Å²) in [5.74, 6) is 1.06. The normalized spacial score (nSPS) is 24.1. The number of benzene rings is 1. The Hall–Kier alpha value is -1.79. The first kappa shape index (κ1) is 16.1. The molecule has 2 heterocycles. The van der Waals surface area contributed by atoms with Crippen LogP contribution in [-0.2, 0) is 4.74 Å². The summed E-state index contributed by atoms with van der Waals surface area (Å²) in [5, 5.41) is 2.95. The molecule has 126 valence electrons. The van der Waals surface area contributed by atoms with Gasteiger partial charge in [0, 0.05) is 30.8 Å². The molecule has 1 N–H and O–H groups in total. The molecule has 2 saturated heterocycles.